The van der Waals surface area contributed by atoms with Crippen LogP contribution in [-0.2, 0) is 0 Å². The molecule has 2 aromatic rings. The van der Waals surface area contributed by atoms with Crippen LogP contribution in [0.25, 0.3) is 11.1 Å². The zero-order valence-electron chi connectivity index (χ0n) is 10.4. The summed E-state index contributed by atoms with van der Waals surface area (Å²) in [5.74, 6) is -0.610. The number of halogens is 2. The molecular weight excluding hydrogens is 271 g/mol. The van der Waals surface area contributed by atoms with Crippen molar-refractivity contribution < 1.29 is 4.39 Å². The van der Waals surface area contributed by atoms with Gasteiger partial charge < -0.3 is 4.98 Å². The molecule has 1 heterocycles. The molecule has 0 radical (unpaired) electrons. The predicted molar refractivity (Wildman–Crippen MR) is 72.1 cm³/mol. The van der Waals surface area contributed by atoms with Crippen molar-refractivity contribution in [1.82, 2.24) is 9.55 Å². The SMILES string of the molecule is CC(C)n1c(=O)[nH]cc(-c2cccc(F)c2Cl)c1=O. The lowest BCUT2D eigenvalue weighted by molar-refractivity contribution is 0.547. The van der Waals surface area contributed by atoms with E-state index in [4.69, 9.17) is 11.6 Å². The molecule has 0 spiro atoms. The van der Waals surface area contributed by atoms with Crippen molar-refractivity contribution in [3.05, 3.63) is 56.1 Å². The van der Waals surface area contributed by atoms with Crippen molar-refractivity contribution >= 4 is 11.6 Å². The van der Waals surface area contributed by atoms with Crippen LogP contribution in [0, 0.1) is 5.82 Å². The van der Waals surface area contributed by atoms with Gasteiger partial charge in [0.15, 0.2) is 0 Å². The number of aromatic nitrogens is 2. The third-order valence-electron chi connectivity index (χ3n) is 2.77. The van der Waals surface area contributed by atoms with Crippen molar-refractivity contribution in [2.24, 2.45) is 0 Å². The number of aromatic amines is 1. The molecule has 19 heavy (non-hydrogen) atoms. The Balaban J connectivity index is 2.78. The van der Waals surface area contributed by atoms with Crippen molar-refractivity contribution in [3.63, 3.8) is 0 Å². The fraction of sp³-hybridized carbons (Fsp3) is 0.231. The lowest BCUT2D eigenvalue weighted by atomic mass is 10.1. The van der Waals surface area contributed by atoms with Gasteiger partial charge in [-0.15, -0.1) is 0 Å². The minimum Gasteiger partial charge on any atom is -0.313 e. The van der Waals surface area contributed by atoms with Gasteiger partial charge in [0.1, 0.15) is 5.82 Å². The summed E-state index contributed by atoms with van der Waals surface area (Å²) in [5.41, 5.74) is -0.572. The van der Waals surface area contributed by atoms with Gasteiger partial charge in [0, 0.05) is 17.8 Å². The molecule has 1 N–H and O–H groups in total. The minimum absolute atomic E-state index is 0.137. The van der Waals surface area contributed by atoms with Crippen LogP contribution in [0.3, 0.4) is 0 Å². The van der Waals surface area contributed by atoms with Gasteiger partial charge in [0.05, 0.1) is 10.6 Å². The molecule has 0 atom stereocenters. The summed E-state index contributed by atoms with van der Waals surface area (Å²) in [6.07, 6.45) is 1.25. The lowest BCUT2D eigenvalue weighted by Crippen LogP contribution is -2.36. The Morgan fingerprint density at radius 1 is 1.26 bits per heavy atom. The topological polar surface area (TPSA) is 54.9 Å². The Labute approximate surface area is 113 Å². The van der Waals surface area contributed by atoms with Gasteiger partial charge in [-0.2, -0.15) is 0 Å². The van der Waals surface area contributed by atoms with Crippen LogP contribution >= 0.6 is 11.6 Å². The van der Waals surface area contributed by atoms with E-state index >= 15 is 0 Å². The van der Waals surface area contributed by atoms with Crippen molar-refractivity contribution in [3.8, 4) is 11.1 Å². The van der Waals surface area contributed by atoms with Gasteiger partial charge in [-0.05, 0) is 19.9 Å². The van der Waals surface area contributed by atoms with E-state index in [9.17, 15) is 14.0 Å². The second-order valence-electron chi connectivity index (χ2n) is 4.38. The highest BCUT2D eigenvalue weighted by Gasteiger charge is 2.15. The van der Waals surface area contributed by atoms with Crippen LogP contribution in [0.1, 0.15) is 19.9 Å². The standard InChI is InChI=1S/C13H12ClFN2O2/c1-7(2)17-12(18)9(6-16-13(17)19)8-4-3-5-10(15)11(8)14/h3-7H,1-2H3,(H,16,19). The third-order valence-corrected chi connectivity index (χ3v) is 3.15. The summed E-state index contributed by atoms with van der Waals surface area (Å²) in [6.45, 7) is 3.43. The van der Waals surface area contributed by atoms with Crippen LogP contribution < -0.4 is 11.2 Å². The molecule has 1 aromatic carbocycles. The van der Waals surface area contributed by atoms with E-state index < -0.39 is 17.1 Å². The number of hydrogen-bond donors (Lipinski definition) is 1. The Hall–Kier alpha value is -1.88. The molecule has 0 aliphatic heterocycles. The van der Waals surface area contributed by atoms with Gasteiger partial charge in [-0.3, -0.25) is 9.36 Å². The number of nitrogens with one attached hydrogen (secondary N) is 1. The van der Waals surface area contributed by atoms with Crippen LogP contribution in [-0.4, -0.2) is 9.55 Å². The molecule has 4 nitrogen and oxygen atoms in total. The molecule has 0 saturated carbocycles. The maximum atomic E-state index is 13.4. The lowest BCUT2D eigenvalue weighted by Gasteiger charge is -2.11. The molecule has 0 amide bonds. The highest BCUT2D eigenvalue weighted by atomic mass is 35.5. The van der Waals surface area contributed by atoms with Gasteiger partial charge in [0.2, 0.25) is 0 Å². The summed E-state index contributed by atoms with van der Waals surface area (Å²) in [5, 5.41) is -0.137. The molecule has 0 fully saturated rings. The van der Waals surface area contributed by atoms with Gasteiger partial charge in [-0.1, -0.05) is 23.7 Å². The van der Waals surface area contributed by atoms with E-state index in [0.29, 0.717) is 0 Å². The molecule has 0 aliphatic rings. The van der Waals surface area contributed by atoms with E-state index in [0.717, 1.165) is 4.57 Å². The number of rotatable bonds is 2. The van der Waals surface area contributed by atoms with E-state index in [-0.39, 0.29) is 22.2 Å². The zero-order valence-corrected chi connectivity index (χ0v) is 11.2. The molecule has 0 unspecified atom stereocenters. The highest BCUT2D eigenvalue weighted by molar-refractivity contribution is 6.33. The zero-order chi connectivity index (χ0) is 14.2. The number of H-pyrrole nitrogens is 1. The summed E-state index contributed by atoms with van der Waals surface area (Å²) >= 11 is 5.86. The number of nitrogens with zero attached hydrogens (tertiary/aromatic N) is 1. The van der Waals surface area contributed by atoms with E-state index in [1.54, 1.807) is 13.8 Å². The molecule has 0 saturated heterocycles. The quantitative estimate of drug-likeness (QED) is 0.920. The third kappa shape index (κ3) is 2.33. The molecule has 1 aromatic heterocycles. The van der Waals surface area contributed by atoms with Crippen molar-refractivity contribution in [2.75, 3.05) is 0 Å². The average molecular weight is 283 g/mol. The maximum absolute atomic E-state index is 13.4. The fourth-order valence-corrected chi connectivity index (χ4v) is 2.09. The van der Waals surface area contributed by atoms with Crippen molar-refractivity contribution in [1.29, 1.82) is 0 Å². The molecule has 6 heteroatoms. The maximum Gasteiger partial charge on any atom is 0.328 e. The summed E-state index contributed by atoms with van der Waals surface area (Å²) in [7, 11) is 0. The Bertz CT molecular complexity index is 734. The Morgan fingerprint density at radius 3 is 2.58 bits per heavy atom. The van der Waals surface area contributed by atoms with Crippen LogP contribution in [0.2, 0.25) is 5.02 Å². The average Bonchev–Trinajstić information content (AvgIpc) is 2.33. The van der Waals surface area contributed by atoms with Gasteiger partial charge >= 0.3 is 5.69 Å². The summed E-state index contributed by atoms with van der Waals surface area (Å²) < 4.78 is 14.5. The van der Waals surface area contributed by atoms with Crippen LogP contribution in [0.4, 0.5) is 4.39 Å². The first-order valence-corrected chi connectivity index (χ1v) is 6.10. The first kappa shape index (κ1) is 13.5. The largest absolute Gasteiger partial charge is 0.328 e. The van der Waals surface area contributed by atoms with E-state index in [2.05, 4.69) is 4.98 Å². The Kier molecular flexibility index (Phi) is 3.57. The van der Waals surface area contributed by atoms with Gasteiger partial charge in [-0.25, -0.2) is 9.18 Å². The second kappa shape index (κ2) is 5.01. The number of benzene rings is 1. The first-order valence-electron chi connectivity index (χ1n) is 5.72. The minimum atomic E-state index is -0.610. The summed E-state index contributed by atoms with van der Waals surface area (Å²) in [6, 6.07) is 3.90. The van der Waals surface area contributed by atoms with Crippen LogP contribution in [0.5, 0.6) is 0 Å². The molecule has 0 bridgehead atoms. The highest BCUT2D eigenvalue weighted by Crippen LogP contribution is 2.27. The normalized spacial score (nSPS) is 11.0. The Morgan fingerprint density at radius 2 is 1.95 bits per heavy atom. The number of hydrogen-bond acceptors (Lipinski definition) is 2. The van der Waals surface area contributed by atoms with Crippen molar-refractivity contribution in [2.45, 2.75) is 19.9 Å². The fourth-order valence-electron chi connectivity index (χ4n) is 1.86. The first-order chi connectivity index (χ1) is 8.93. The van der Waals surface area contributed by atoms with E-state index in [1.807, 2.05) is 0 Å². The molecule has 2 rings (SSSR count). The van der Waals surface area contributed by atoms with Gasteiger partial charge in [0.25, 0.3) is 5.56 Å². The second-order valence-corrected chi connectivity index (χ2v) is 4.76. The molecule has 0 aliphatic carbocycles. The molecular formula is C13H12ClFN2O2. The molecule has 100 valence electrons. The summed E-state index contributed by atoms with van der Waals surface area (Å²) in [4.78, 5) is 26.3. The van der Waals surface area contributed by atoms with E-state index in [1.165, 1.54) is 24.4 Å². The monoisotopic (exact) mass is 282 g/mol. The van der Waals surface area contributed by atoms with Crippen LogP contribution in [0.15, 0.2) is 34.0 Å². The smallest absolute Gasteiger partial charge is 0.313 e. The predicted octanol–water partition coefficient (Wildman–Crippen LogP) is 2.58.